The molecule has 0 N–H and O–H groups in total. The Hall–Kier alpha value is -1.91. The average molecular weight is 249 g/mol. The highest BCUT2D eigenvalue weighted by atomic mass is 16.7. The molecule has 1 amide bonds. The molecular formula is C13H15NO4. The van der Waals surface area contributed by atoms with Gasteiger partial charge in [0.25, 0.3) is 0 Å². The summed E-state index contributed by atoms with van der Waals surface area (Å²) in [6.07, 6.45) is 0.563. The largest absolute Gasteiger partial charge is 0.489 e. The van der Waals surface area contributed by atoms with E-state index in [1.807, 2.05) is 25.2 Å². The number of nitrogens with zero attached hydrogens (tertiary/aromatic N) is 1. The number of rotatable bonds is 3. The summed E-state index contributed by atoms with van der Waals surface area (Å²) in [6.45, 7) is 1.52. The van der Waals surface area contributed by atoms with Crippen LogP contribution in [0.5, 0.6) is 17.2 Å². The first kappa shape index (κ1) is 11.2. The number of hydrogen-bond acceptors (Lipinski definition) is 4. The van der Waals surface area contributed by atoms with E-state index in [1.165, 1.54) is 0 Å². The second kappa shape index (κ2) is 4.40. The molecule has 2 heterocycles. The topological polar surface area (TPSA) is 48.0 Å². The molecule has 5 nitrogen and oxygen atoms in total. The molecule has 96 valence electrons. The Morgan fingerprint density at radius 2 is 2.33 bits per heavy atom. The van der Waals surface area contributed by atoms with Gasteiger partial charge in [-0.1, -0.05) is 0 Å². The van der Waals surface area contributed by atoms with Crippen LogP contribution in [-0.4, -0.2) is 37.8 Å². The van der Waals surface area contributed by atoms with Crippen molar-refractivity contribution in [2.45, 2.75) is 6.42 Å². The molecule has 5 heteroatoms. The number of carbonyl (C=O) groups excluding carboxylic acids is 1. The van der Waals surface area contributed by atoms with Crippen molar-refractivity contribution < 1.29 is 19.0 Å². The van der Waals surface area contributed by atoms with Gasteiger partial charge in [0.2, 0.25) is 12.7 Å². The van der Waals surface area contributed by atoms with Gasteiger partial charge in [0.15, 0.2) is 11.5 Å². The Bertz CT molecular complexity index is 474. The van der Waals surface area contributed by atoms with Crippen molar-refractivity contribution in [3.63, 3.8) is 0 Å². The number of amides is 1. The van der Waals surface area contributed by atoms with Crippen molar-refractivity contribution in [1.29, 1.82) is 0 Å². The average Bonchev–Trinajstić information content (AvgIpc) is 2.68. The van der Waals surface area contributed by atoms with Crippen LogP contribution in [0.1, 0.15) is 6.42 Å². The summed E-state index contributed by atoms with van der Waals surface area (Å²) in [5, 5.41) is 0. The maximum Gasteiger partial charge on any atom is 0.231 e. The smallest absolute Gasteiger partial charge is 0.231 e. The standard InChI is InChI=1S/C13H15NO4/c1-14-6-9(4-13(14)15)7-16-11-3-2-10-5-12(11)18-8-17-10/h2-3,5,9H,4,6-8H2,1H3. The molecule has 1 atom stereocenters. The van der Waals surface area contributed by atoms with Crippen molar-refractivity contribution in [3.05, 3.63) is 18.2 Å². The van der Waals surface area contributed by atoms with Crippen LogP contribution in [0.15, 0.2) is 18.2 Å². The van der Waals surface area contributed by atoms with E-state index in [0.29, 0.717) is 24.5 Å². The zero-order valence-electron chi connectivity index (χ0n) is 10.2. The van der Waals surface area contributed by atoms with E-state index in [4.69, 9.17) is 14.2 Å². The van der Waals surface area contributed by atoms with Crippen molar-refractivity contribution in [3.8, 4) is 17.2 Å². The van der Waals surface area contributed by atoms with E-state index < -0.39 is 0 Å². The molecule has 2 aliphatic rings. The molecule has 0 spiro atoms. The Morgan fingerprint density at radius 1 is 1.44 bits per heavy atom. The third-order valence-electron chi connectivity index (χ3n) is 3.25. The van der Waals surface area contributed by atoms with Crippen LogP contribution in [-0.2, 0) is 4.79 Å². The van der Waals surface area contributed by atoms with Crippen LogP contribution >= 0.6 is 0 Å². The highest BCUT2D eigenvalue weighted by molar-refractivity contribution is 5.78. The fraction of sp³-hybridized carbons (Fsp3) is 0.462. The molecule has 1 aromatic carbocycles. The SMILES string of the molecule is CN1CC(COc2ccc3cc2OCO3)CC1=O. The minimum Gasteiger partial charge on any atom is -0.489 e. The first-order chi connectivity index (χ1) is 8.72. The third-order valence-corrected chi connectivity index (χ3v) is 3.25. The summed E-state index contributed by atoms with van der Waals surface area (Å²) < 4.78 is 16.3. The second-order valence-corrected chi connectivity index (χ2v) is 4.67. The number of likely N-dealkylation sites (tertiary alicyclic amines) is 1. The van der Waals surface area contributed by atoms with Gasteiger partial charge in [0.1, 0.15) is 5.75 Å². The maximum atomic E-state index is 11.4. The molecule has 1 aromatic rings. The zero-order valence-corrected chi connectivity index (χ0v) is 10.2. The van der Waals surface area contributed by atoms with Crippen LogP contribution in [0, 0.1) is 5.92 Å². The number of hydrogen-bond donors (Lipinski definition) is 0. The van der Waals surface area contributed by atoms with E-state index in [9.17, 15) is 4.79 Å². The van der Waals surface area contributed by atoms with E-state index >= 15 is 0 Å². The summed E-state index contributed by atoms with van der Waals surface area (Å²) in [7, 11) is 1.82. The molecule has 1 fully saturated rings. The summed E-state index contributed by atoms with van der Waals surface area (Å²) in [5.41, 5.74) is 0. The predicted molar refractivity (Wildman–Crippen MR) is 63.8 cm³/mol. The fourth-order valence-corrected chi connectivity index (χ4v) is 2.25. The van der Waals surface area contributed by atoms with Crippen LogP contribution in [0.2, 0.25) is 0 Å². The van der Waals surface area contributed by atoms with E-state index in [-0.39, 0.29) is 18.6 Å². The Kier molecular flexibility index (Phi) is 2.74. The number of carbonyl (C=O) groups is 1. The fourth-order valence-electron chi connectivity index (χ4n) is 2.25. The summed E-state index contributed by atoms with van der Waals surface area (Å²) in [6, 6.07) is 5.50. The Balaban J connectivity index is 1.62. The van der Waals surface area contributed by atoms with E-state index in [1.54, 1.807) is 4.90 Å². The van der Waals surface area contributed by atoms with Gasteiger partial charge in [-0.15, -0.1) is 0 Å². The van der Waals surface area contributed by atoms with Crippen molar-refractivity contribution in [1.82, 2.24) is 4.90 Å². The van der Waals surface area contributed by atoms with Crippen LogP contribution in [0.3, 0.4) is 0 Å². The summed E-state index contributed by atoms with van der Waals surface area (Å²) in [4.78, 5) is 13.1. The third kappa shape index (κ3) is 2.08. The van der Waals surface area contributed by atoms with Gasteiger partial charge in [-0.25, -0.2) is 0 Å². The van der Waals surface area contributed by atoms with Gasteiger partial charge in [-0.2, -0.15) is 0 Å². The zero-order chi connectivity index (χ0) is 12.5. The highest BCUT2D eigenvalue weighted by Gasteiger charge is 2.27. The molecule has 0 aromatic heterocycles. The minimum atomic E-state index is 0.185. The highest BCUT2D eigenvalue weighted by Crippen LogP contribution is 2.34. The molecule has 1 saturated heterocycles. The number of fused-ring (bicyclic) bond motifs is 2. The number of ether oxygens (including phenoxy) is 3. The van der Waals surface area contributed by atoms with Gasteiger partial charge in [-0.3, -0.25) is 4.79 Å². The van der Waals surface area contributed by atoms with Gasteiger partial charge in [0.05, 0.1) is 6.61 Å². The Morgan fingerprint density at radius 3 is 3.11 bits per heavy atom. The molecule has 2 bridgehead atoms. The lowest BCUT2D eigenvalue weighted by atomic mass is 10.1. The van der Waals surface area contributed by atoms with Crippen molar-refractivity contribution >= 4 is 5.91 Å². The van der Waals surface area contributed by atoms with E-state index in [2.05, 4.69) is 0 Å². The second-order valence-electron chi connectivity index (χ2n) is 4.67. The van der Waals surface area contributed by atoms with Crippen LogP contribution in [0.4, 0.5) is 0 Å². The van der Waals surface area contributed by atoms with Crippen molar-refractivity contribution in [2.75, 3.05) is 27.0 Å². The quantitative estimate of drug-likeness (QED) is 0.809. The molecule has 18 heavy (non-hydrogen) atoms. The van der Waals surface area contributed by atoms with Crippen molar-refractivity contribution in [2.24, 2.45) is 5.92 Å². The maximum absolute atomic E-state index is 11.4. The molecule has 2 aliphatic heterocycles. The predicted octanol–water partition coefficient (Wildman–Crippen LogP) is 1.27. The monoisotopic (exact) mass is 249 g/mol. The van der Waals surface area contributed by atoms with Crippen LogP contribution in [0.25, 0.3) is 0 Å². The first-order valence-electron chi connectivity index (χ1n) is 5.99. The first-order valence-corrected chi connectivity index (χ1v) is 5.99. The summed E-state index contributed by atoms with van der Waals surface area (Å²) >= 11 is 0. The minimum absolute atomic E-state index is 0.185. The van der Waals surface area contributed by atoms with Gasteiger partial charge >= 0.3 is 0 Å². The Labute approximate surface area is 105 Å². The molecule has 0 aliphatic carbocycles. The number of benzene rings is 1. The molecule has 1 unspecified atom stereocenters. The lowest BCUT2D eigenvalue weighted by Crippen LogP contribution is -2.20. The lowest BCUT2D eigenvalue weighted by Gasteiger charge is -2.19. The normalized spacial score (nSPS) is 21.5. The summed E-state index contributed by atoms with van der Waals surface area (Å²) in [5.74, 6) is 2.65. The van der Waals surface area contributed by atoms with Gasteiger partial charge < -0.3 is 19.1 Å². The molecule has 3 rings (SSSR count). The van der Waals surface area contributed by atoms with Crippen LogP contribution < -0.4 is 14.2 Å². The molecule has 0 radical (unpaired) electrons. The molecular weight excluding hydrogens is 234 g/mol. The van der Waals surface area contributed by atoms with Gasteiger partial charge in [0, 0.05) is 32.0 Å². The molecule has 0 saturated carbocycles. The van der Waals surface area contributed by atoms with Gasteiger partial charge in [-0.05, 0) is 12.1 Å². The van der Waals surface area contributed by atoms with E-state index in [0.717, 1.165) is 12.3 Å². The lowest BCUT2D eigenvalue weighted by molar-refractivity contribution is -0.126.